The van der Waals surface area contributed by atoms with Crippen LogP contribution < -0.4 is 40.3 Å². The van der Waals surface area contributed by atoms with E-state index in [-0.39, 0.29) is 48.2 Å². The van der Waals surface area contributed by atoms with Gasteiger partial charge in [0.05, 0.1) is 67.0 Å². The summed E-state index contributed by atoms with van der Waals surface area (Å²) in [5.41, 5.74) is 1.80. The van der Waals surface area contributed by atoms with E-state index in [1.807, 2.05) is 149 Å². The molecule has 10 aliphatic rings. The van der Waals surface area contributed by atoms with Crippen LogP contribution in [0.25, 0.3) is 22.6 Å². The van der Waals surface area contributed by atoms with E-state index in [0.29, 0.717) is 87.4 Å². The van der Waals surface area contributed by atoms with E-state index >= 15 is 0 Å². The molecule has 3 N–H and O–H groups in total. The number of anilines is 2. The molecule has 16 aromatic rings. The van der Waals surface area contributed by atoms with E-state index in [4.69, 9.17) is 56.0 Å². The zero-order valence-electron chi connectivity index (χ0n) is 81.6. The molecule has 3 fully saturated rings. The van der Waals surface area contributed by atoms with Crippen molar-refractivity contribution in [3.8, 4) is 57.1 Å². The van der Waals surface area contributed by atoms with Crippen LogP contribution in [0.1, 0.15) is 27.7 Å². The summed E-state index contributed by atoms with van der Waals surface area (Å²) in [5, 5.41) is 30.0. The van der Waals surface area contributed by atoms with E-state index in [1.54, 1.807) is 181 Å². The van der Waals surface area contributed by atoms with Gasteiger partial charge >= 0.3 is 7.12 Å². The summed E-state index contributed by atoms with van der Waals surface area (Å²) in [4.78, 5) is 61.4. The second-order valence-electron chi connectivity index (χ2n) is 34.8. The third kappa shape index (κ3) is 25.1. The maximum atomic E-state index is 12.5. The summed E-state index contributed by atoms with van der Waals surface area (Å²) in [7, 11) is 4.45. The molecular formula is C114H95BBr2N2O17S14. The van der Waals surface area contributed by atoms with Gasteiger partial charge in [0.25, 0.3) is 0 Å². The summed E-state index contributed by atoms with van der Waals surface area (Å²) in [6.07, 6.45) is 0. The highest BCUT2D eigenvalue weighted by Gasteiger charge is 2.53. The quantitative estimate of drug-likeness (QED) is 0.0680. The molecule has 764 valence electrons. The molecule has 12 heterocycles. The number of hydrogen-bond donors (Lipinski definition) is 3. The molecular weight excluding hydrogens is 2290 g/mol. The molecule has 0 atom stereocenters. The Labute approximate surface area is 946 Å². The summed E-state index contributed by atoms with van der Waals surface area (Å²) in [6.45, 7) is 14.2. The normalized spacial score (nSPS) is 15.2. The largest absolute Gasteiger partial charge is 0.507 e. The smallest absolute Gasteiger partial charge is 0.496 e. The lowest BCUT2D eigenvalue weighted by atomic mass is 9.79. The van der Waals surface area contributed by atoms with Crippen LogP contribution in [0, 0.1) is 0 Å². The van der Waals surface area contributed by atoms with E-state index in [2.05, 4.69) is 199 Å². The average molecular weight is 2380 g/mol. The number of methoxy groups -OCH3 is 3. The number of ether oxygens (including phenoxy) is 8. The molecule has 14 aromatic carbocycles. The standard InChI is InChI=1S/C23H21NO5S2.C21H17NO4S2.C20H23BO4S2.C14H11BrO2S2.C12H7BrOS2.C12H8OS2.C12H8S2/c1-26-14-28-17-7-6-16(22-23(17)31-20-5-3-2-4-19(20)30-22)18-12-15(25)13-21(29-18)24-8-10-27-11-9-24;23-13-11-16(26-19(12-13)22-7-9-25-10-8-22)14-5-6-15(24)21-20(14)27-17-3-1-2-4-18(17)28-21;1-19(2)20(3,4)25-21(24-19)13-10-11-14(23-12-22-5)18-17(13)26-15-8-6-7-9-16(15)27-18;1-16-8-17-10-7-6-9(15)13-14(10)19-12-5-3-2-4-11(12)18-13;13-7-5-6-8(14)12-11(7)15-9-3-1-2-4-10(9)16-12;13-8-4-3-7-11-12(8)15-10-6-2-1-5-9(10)14-11;1-2-6-10-9(5-1)13-11-7-3-4-8-12(11)14-10/h2-7,12-13H,8-11,14H2,1H3;1-6,11-12,24H,7-10H2;6-11H,12H2,1-5H3;2-7H,8H2,1H3;1-6,14H;1-7,13H;1-8H. The van der Waals surface area contributed by atoms with Gasteiger partial charge in [-0.1, -0.05) is 274 Å². The Balaban J connectivity index is 0.000000108. The second-order valence-corrected chi connectivity index (χ2v) is 51.4. The Kier molecular flexibility index (Phi) is 35.9. The van der Waals surface area contributed by atoms with Gasteiger partial charge in [-0.25, -0.2) is 0 Å². The zero-order chi connectivity index (χ0) is 104. The van der Waals surface area contributed by atoms with E-state index < -0.39 is 7.12 Å². The predicted molar refractivity (Wildman–Crippen MR) is 616 cm³/mol. The zero-order valence-corrected chi connectivity index (χ0v) is 96.2. The van der Waals surface area contributed by atoms with Crippen LogP contribution >= 0.6 is 197 Å². The van der Waals surface area contributed by atoms with Crippen LogP contribution in [0.5, 0.6) is 34.5 Å². The number of phenols is 3. The van der Waals surface area contributed by atoms with Gasteiger partial charge in [-0.2, -0.15) is 0 Å². The van der Waals surface area contributed by atoms with Crippen molar-refractivity contribution in [2.75, 3.05) is 104 Å². The molecule has 0 bridgehead atoms. The third-order valence-corrected chi connectivity index (χ3v) is 44.6. The molecule has 0 radical (unpaired) electrons. The van der Waals surface area contributed by atoms with E-state index in [9.17, 15) is 24.9 Å². The first-order valence-corrected chi connectivity index (χ1v) is 60.3. The van der Waals surface area contributed by atoms with Crippen molar-refractivity contribution in [2.24, 2.45) is 0 Å². The first-order valence-electron chi connectivity index (χ1n) is 47.3. The van der Waals surface area contributed by atoms with Gasteiger partial charge in [0.2, 0.25) is 0 Å². The topological polar surface area (TPSA) is 220 Å². The summed E-state index contributed by atoms with van der Waals surface area (Å²) < 4.78 is 70.5. The molecule has 2 aromatic heterocycles. The van der Waals surface area contributed by atoms with Crippen LogP contribution in [0.3, 0.4) is 0 Å². The highest BCUT2D eigenvalue weighted by molar-refractivity contribution is 9.10. The van der Waals surface area contributed by atoms with Crippen LogP contribution in [0.4, 0.5) is 11.8 Å². The lowest BCUT2D eigenvalue weighted by molar-refractivity contribution is 0.00578. The predicted octanol–water partition coefficient (Wildman–Crippen LogP) is 31.9. The van der Waals surface area contributed by atoms with Crippen molar-refractivity contribution in [2.45, 2.75) is 176 Å². The van der Waals surface area contributed by atoms with Gasteiger partial charge < -0.3 is 81.2 Å². The molecule has 150 heavy (non-hydrogen) atoms. The first kappa shape index (κ1) is 108. The Morgan fingerprint density at radius 2 is 0.560 bits per heavy atom. The molecule has 26 rings (SSSR count). The molecule has 19 nitrogen and oxygen atoms in total. The number of morpholine rings is 2. The van der Waals surface area contributed by atoms with Gasteiger partial charge in [0, 0.05) is 200 Å². The molecule has 0 amide bonds. The van der Waals surface area contributed by atoms with Gasteiger partial charge in [-0.3, -0.25) is 9.59 Å². The summed E-state index contributed by atoms with van der Waals surface area (Å²) in [5.74, 6) is 5.59. The molecule has 0 spiro atoms. The Morgan fingerprint density at radius 3 is 0.947 bits per heavy atom. The molecule has 0 unspecified atom stereocenters. The average Bonchev–Trinajstić information content (AvgIpc) is 1.54. The maximum absolute atomic E-state index is 12.5. The number of phenolic OH excluding ortho intramolecular Hbond substituents is 3. The van der Waals surface area contributed by atoms with Crippen molar-refractivity contribution in [3.05, 3.63) is 327 Å². The summed E-state index contributed by atoms with van der Waals surface area (Å²) >= 11 is 31.0. The van der Waals surface area contributed by atoms with E-state index in [0.717, 1.165) is 111 Å². The van der Waals surface area contributed by atoms with Crippen molar-refractivity contribution < 1.29 is 71.4 Å². The highest BCUT2D eigenvalue weighted by Crippen LogP contribution is 2.61. The molecule has 0 saturated carbocycles. The van der Waals surface area contributed by atoms with Gasteiger partial charge in [-0.05, 0) is 229 Å². The maximum Gasteiger partial charge on any atom is 0.496 e. The number of fused-ring (bicyclic) bond motifs is 14. The molecule has 36 heteroatoms. The minimum Gasteiger partial charge on any atom is -0.507 e. The lowest BCUT2D eigenvalue weighted by Gasteiger charge is -2.32. The van der Waals surface area contributed by atoms with Gasteiger partial charge in [0.15, 0.2) is 43.0 Å². The number of rotatable bonds is 14. The van der Waals surface area contributed by atoms with Crippen molar-refractivity contribution in [3.63, 3.8) is 0 Å². The summed E-state index contributed by atoms with van der Waals surface area (Å²) in [6, 6.07) is 97.6. The number of halogens is 2. The van der Waals surface area contributed by atoms with Crippen LogP contribution in [0.15, 0.2) is 462 Å². The van der Waals surface area contributed by atoms with E-state index in [1.165, 1.54) is 92.4 Å². The van der Waals surface area contributed by atoms with Gasteiger partial charge in [0.1, 0.15) is 46.0 Å². The SMILES string of the molecule is COCOc1ccc(-c2cc(=O)cc(N3CCOCC3)o2)c2c1Sc1ccccc1S2.COCOc1ccc(B2OC(C)(C)C(C)(C)O2)c2c1Sc1ccccc1S2.COCOc1ccc(Br)c2c1Sc1ccccc1S2.O=c1cc(-c2ccc(O)c3c2Sc2ccccc2S3)oc(N2CCOCC2)c1.Oc1ccc(Br)c2c1Sc1ccccc1S2.Oc1cccc2c1Sc1ccccc1S2.c1ccc2c(c1)Sc1ccccc1S2. The fraction of sp³-hybridized carbons (Fsp3) is 0.175. The molecule has 10 aliphatic heterocycles. The number of hydrogen-bond acceptors (Lipinski definition) is 33. The highest BCUT2D eigenvalue weighted by atomic mass is 79.9. The number of aromatic hydroxyl groups is 3. The minimum absolute atomic E-state index is 0.0786. The van der Waals surface area contributed by atoms with Crippen molar-refractivity contribution in [1.82, 2.24) is 0 Å². The lowest BCUT2D eigenvalue weighted by Crippen LogP contribution is -2.41. The fourth-order valence-electron chi connectivity index (χ4n) is 16.2. The number of nitrogens with zero attached hydrogens (tertiary/aromatic N) is 2. The number of benzene rings is 14. The molecule has 3 saturated heterocycles. The first-order chi connectivity index (χ1) is 73.1. The molecule has 0 aliphatic carbocycles. The third-order valence-electron chi connectivity index (χ3n) is 24.3. The van der Waals surface area contributed by atoms with Crippen molar-refractivity contribution >= 4 is 221 Å². The van der Waals surface area contributed by atoms with Crippen LogP contribution in [0.2, 0.25) is 0 Å². The van der Waals surface area contributed by atoms with Crippen LogP contribution in [-0.4, -0.2) is 128 Å². The van der Waals surface area contributed by atoms with Gasteiger partial charge in [-0.15, -0.1) is 0 Å². The minimum atomic E-state index is -0.404. The fourth-order valence-corrected chi connectivity index (χ4v) is 34.2. The Bertz CT molecular complexity index is 7660. The Morgan fingerprint density at radius 1 is 0.293 bits per heavy atom. The van der Waals surface area contributed by atoms with Crippen LogP contribution in [-0.2, 0) is 33.0 Å². The monoisotopic (exact) mass is 2380 g/mol. The van der Waals surface area contributed by atoms with Crippen molar-refractivity contribution in [1.29, 1.82) is 0 Å². The Hall–Kier alpha value is -8.98. The second kappa shape index (κ2) is 49.8.